The van der Waals surface area contributed by atoms with Crippen LogP contribution in [0, 0.1) is 11.3 Å². The van der Waals surface area contributed by atoms with Crippen molar-refractivity contribution in [3.8, 4) is 6.07 Å². The number of nitriles is 1. The summed E-state index contributed by atoms with van der Waals surface area (Å²) in [6.07, 6.45) is 1.63. The third-order valence-electron chi connectivity index (χ3n) is 2.78. The van der Waals surface area contributed by atoms with Gasteiger partial charge in [0.1, 0.15) is 11.8 Å². The second kappa shape index (κ2) is 6.53. The van der Waals surface area contributed by atoms with Crippen LogP contribution < -0.4 is 5.32 Å². The highest BCUT2D eigenvalue weighted by Gasteiger charge is 2.02. The Labute approximate surface area is 112 Å². The van der Waals surface area contributed by atoms with E-state index in [0.29, 0.717) is 18.8 Å². The molecule has 1 N–H and O–H groups in total. The molecule has 19 heavy (non-hydrogen) atoms. The number of nitrogens with one attached hydrogen (secondary N) is 1. The number of nitrogens with zero attached hydrogens (tertiary/aromatic N) is 2. The zero-order valence-corrected chi connectivity index (χ0v) is 10.8. The van der Waals surface area contributed by atoms with Crippen LogP contribution in [0.3, 0.4) is 0 Å². The lowest BCUT2D eigenvalue weighted by Crippen LogP contribution is -2.04. The Morgan fingerprint density at radius 1 is 1.26 bits per heavy atom. The zero-order chi connectivity index (χ0) is 13.5. The van der Waals surface area contributed by atoms with Crippen molar-refractivity contribution >= 4 is 5.69 Å². The van der Waals surface area contributed by atoms with Crippen LogP contribution in [0.1, 0.15) is 16.8 Å². The van der Waals surface area contributed by atoms with Crippen LogP contribution in [0.15, 0.2) is 42.6 Å². The number of rotatable bonds is 5. The molecule has 0 fully saturated rings. The molecule has 2 aromatic rings. The van der Waals surface area contributed by atoms with Crippen LogP contribution in [0.2, 0.25) is 0 Å². The summed E-state index contributed by atoms with van der Waals surface area (Å²) in [6.45, 7) is 1.28. The van der Waals surface area contributed by atoms with Crippen LogP contribution in [-0.2, 0) is 17.9 Å². The van der Waals surface area contributed by atoms with E-state index < -0.39 is 0 Å². The van der Waals surface area contributed by atoms with E-state index in [0.717, 1.165) is 11.3 Å². The molecule has 0 spiro atoms. The van der Waals surface area contributed by atoms with Gasteiger partial charge in [0.05, 0.1) is 6.61 Å². The first kappa shape index (κ1) is 13.1. The van der Waals surface area contributed by atoms with Crippen LogP contribution in [0.25, 0.3) is 0 Å². The number of hydrogen-bond acceptors (Lipinski definition) is 4. The highest BCUT2D eigenvalue weighted by Crippen LogP contribution is 2.13. The molecule has 0 radical (unpaired) electrons. The van der Waals surface area contributed by atoms with Crippen molar-refractivity contribution in [3.05, 3.63) is 59.4 Å². The van der Waals surface area contributed by atoms with Crippen LogP contribution in [-0.4, -0.2) is 12.1 Å². The third-order valence-corrected chi connectivity index (χ3v) is 2.78. The first-order valence-corrected chi connectivity index (χ1v) is 5.99. The first-order valence-electron chi connectivity index (χ1n) is 5.99. The van der Waals surface area contributed by atoms with Gasteiger partial charge in [0, 0.05) is 25.5 Å². The fourth-order valence-corrected chi connectivity index (χ4v) is 1.83. The molecule has 0 atom stereocenters. The molecular weight excluding hydrogens is 238 g/mol. The van der Waals surface area contributed by atoms with Gasteiger partial charge in [-0.25, -0.2) is 4.98 Å². The number of aromatic nitrogens is 1. The van der Waals surface area contributed by atoms with Gasteiger partial charge in [0.25, 0.3) is 0 Å². The maximum Gasteiger partial charge on any atom is 0.142 e. The van der Waals surface area contributed by atoms with E-state index in [1.54, 1.807) is 19.4 Å². The van der Waals surface area contributed by atoms with Crippen LogP contribution in [0.4, 0.5) is 5.69 Å². The molecule has 1 heterocycles. The molecule has 4 heteroatoms. The summed E-state index contributed by atoms with van der Waals surface area (Å²) in [4.78, 5) is 3.94. The Hall–Kier alpha value is -2.38. The summed E-state index contributed by atoms with van der Waals surface area (Å²) >= 11 is 0. The predicted octanol–water partition coefficient (Wildman–Crippen LogP) is 2.71. The van der Waals surface area contributed by atoms with Gasteiger partial charge in [-0.1, -0.05) is 24.3 Å². The minimum Gasteiger partial charge on any atom is -0.381 e. The quantitative estimate of drug-likeness (QED) is 0.890. The van der Waals surface area contributed by atoms with Crippen molar-refractivity contribution in [2.45, 2.75) is 13.2 Å². The van der Waals surface area contributed by atoms with Gasteiger partial charge in [0.15, 0.2) is 0 Å². The topological polar surface area (TPSA) is 57.9 Å². The summed E-state index contributed by atoms with van der Waals surface area (Å²) < 4.78 is 5.18. The molecule has 0 saturated heterocycles. The smallest absolute Gasteiger partial charge is 0.142 e. The molecule has 0 bridgehead atoms. The number of pyridine rings is 1. The maximum atomic E-state index is 8.80. The average Bonchev–Trinajstić information content (AvgIpc) is 2.47. The van der Waals surface area contributed by atoms with E-state index in [4.69, 9.17) is 10.00 Å². The summed E-state index contributed by atoms with van der Waals surface area (Å²) in [7, 11) is 1.69. The minimum absolute atomic E-state index is 0.412. The molecule has 1 aromatic carbocycles. The van der Waals surface area contributed by atoms with Crippen LogP contribution >= 0.6 is 0 Å². The summed E-state index contributed by atoms with van der Waals surface area (Å²) in [6, 6.07) is 13.7. The van der Waals surface area contributed by atoms with Crippen molar-refractivity contribution in [1.29, 1.82) is 5.26 Å². The SMILES string of the molecule is COCc1ccccc1CNc1ccnc(C#N)c1. The zero-order valence-electron chi connectivity index (χ0n) is 10.8. The summed E-state index contributed by atoms with van der Waals surface area (Å²) in [5.41, 5.74) is 3.64. The molecule has 0 amide bonds. The maximum absolute atomic E-state index is 8.80. The lowest BCUT2D eigenvalue weighted by Gasteiger charge is -2.10. The molecule has 1 aromatic heterocycles. The monoisotopic (exact) mass is 253 g/mol. The Bertz CT molecular complexity index is 590. The van der Waals surface area contributed by atoms with Crippen LogP contribution in [0.5, 0.6) is 0 Å². The largest absolute Gasteiger partial charge is 0.381 e. The van der Waals surface area contributed by atoms with E-state index in [1.165, 1.54) is 5.56 Å². The Morgan fingerprint density at radius 3 is 2.79 bits per heavy atom. The highest BCUT2D eigenvalue weighted by molar-refractivity contribution is 5.46. The molecule has 4 nitrogen and oxygen atoms in total. The van der Waals surface area contributed by atoms with Crippen molar-refractivity contribution in [3.63, 3.8) is 0 Å². The molecular formula is C15H15N3O. The van der Waals surface area contributed by atoms with E-state index in [-0.39, 0.29) is 0 Å². The van der Waals surface area contributed by atoms with Gasteiger partial charge in [-0.15, -0.1) is 0 Å². The van der Waals surface area contributed by atoms with E-state index in [2.05, 4.69) is 16.4 Å². The number of methoxy groups -OCH3 is 1. The number of benzene rings is 1. The van der Waals surface area contributed by atoms with E-state index in [1.807, 2.05) is 30.3 Å². The third kappa shape index (κ3) is 3.54. The molecule has 0 unspecified atom stereocenters. The lowest BCUT2D eigenvalue weighted by molar-refractivity contribution is 0.184. The summed E-state index contributed by atoms with van der Waals surface area (Å²) in [5.74, 6) is 0. The van der Waals surface area contributed by atoms with Gasteiger partial charge in [-0.05, 0) is 23.3 Å². The Balaban J connectivity index is 2.08. The highest BCUT2D eigenvalue weighted by atomic mass is 16.5. The van der Waals surface area contributed by atoms with Gasteiger partial charge >= 0.3 is 0 Å². The van der Waals surface area contributed by atoms with Gasteiger partial charge in [0.2, 0.25) is 0 Å². The minimum atomic E-state index is 0.412. The molecule has 2 rings (SSSR count). The fourth-order valence-electron chi connectivity index (χ4n) is 1.83. The molecule has 0 saturated carbocycles. The van der Waals surface area contributed by atoms with Crippen molar-refractivity contribution in [1.82, 2.24) is 4.98 Å². The van der Waals surface area contributed by atoms with Crippen molar-refractivity contribution < 1.29 is 4.74 Å². The Morgan fingerprint density at radius 2 is 2.05 bits per heavy atom. The van der Waals surface area contributed by atoms with E-state index >= 15 is 0 Å². The standard InChI is InChI=1S/C15H15N3O/c1-19-11-13-5-3-2-4-12(13)10-18-14-6-7-17-15(8-14)9-16/h2-8H,10-11H2,1H3,(H,17,18). The predicted molar refractivity (Wildman–Crippen MR) is 73.4 cm³/mol. The molecule has 0 aliphatic heterocycles. The first-order chi connectivity index (χ1) is 9.33. The molecule has 0 aliphatic carbocycles. The molecule has 96 valence electrons. The average molecular weight is 253 g/mol. The second-order valence-corrected chi connectivity index (χ2v) is 4.10. The second-order valence-electron chi connectivity index (χ2n) is 4.10. The van der Waals surface area contributed by atoms with Gasteiger partial charge < -0.3 is 10.1 Å². The fraction of sp³-hybridized carbons (Fsp3) is 0.200. The van der Waals surface area contributed by atoms with Gasteiger partial charge in [-0.3, -0.25) is 0 Å². The van der Waals surface area contributed by atoms with Gasteiger partial charge in [-0.2, -0.15) is 5.26 Å². The Kier molecular flexibility index (Phi) is 4.49. The number of hydrogen-bond donors (Lipinski definition) is 1. The van der Waals surface area contributed by atoms with E-state index in [9.17, 15) is 0 Å². The summed E-state index contributed by atoms with van der Waals surface area (Å²) in [5, 5.41) is 12.1. The number of anilines is 1. The number of ether oxygens (including phenoxy) is 1. The van der Waals surface area contributed by atoms with Crippen molar-refractivity contribution in [2.24, 2.45) is 0 Å². The van der Waals surface area contributed by atoms with Crippen molar-refractivity contribution in [2.75, 3.05) is 12.4 Å². The normalized spacial score (nSPS) is 9.89. The lowest BCUT2D eigenvalue weighted by atomic mass is 10.1. The molecule has 0 aliphatic rings.